The van der Waals surface area contributed by atoms with Gasteiger partial charge >= 0.3 is 5.97 Å². The lowest BCUT2D eigenvalue weighted by Gasteiger charge is -2.01. The molecule has 0 radical (unpaired) electrons. The van der Waals surface area contributed by atoms with Crippen LogP contribution in [0.3, 0.4) is 0 Å². The summed E-state index contributed by atoms with van der Waals surface area (Å²) in [4.78, 5) is 10.8. The number of aromatic nitrogens is 2. The molecule has 0 aliphatic carbocycles. The molecule has 2 aromatic rings. The topological polar surface area (TPSA) is 54.6 Å². The monoisotopic (exact) mass is 176 g/mol. The lowest BCUT2D eigenvalue weighted by molar-refractivity contribution is 0.0698. The largest absolute Gasteiger partial charge is 0.478 e. The minimum atomic E-state index is -0.925. The Hall–Kier alpha value is -1.84. The van der Waals surface area contributed by atoms with Crippen LogP contribution in [0.15, 0.2) is 24.4 Å². The van der Waals surface area contributed by atoms with E-state index in [-0.39, 0.29) is 5.56 Å². The predicted molar refractivity (Wildman–Crippen MR) is 46.9 cm³/mol. The van der Waals surface area contributed by atoms with E-state index in [9.17, 15) is 4.79 Å². The van der Waals surface area contributed by atoms with E-state index in [0.29, 0.717) is 5.52 Å². The molecule has 4 nitrogen and oxygen atoms in total. The number of aryl methyl sites for hydroxylation is 1. The van der Waals surface area contributed by atoms with Crippen molar-refractivity contribution in [3.05, 3.63) is 35.7 Å². The van der Waals surface area contributed by atoms with Crippen molar-refractivity contribution in [2.24, 2.45) is 0 Å². The van der Waals surface area contributed by atoms with Gasteiger partial charge in [-0.25, -0.2) is 9.31 Å². The van der Waals surface area contributed by atoms with Gasteiger partial charge in [0.15, 0.2) is 0 Å². The van der Waals surface area contributed by atoms with Crippen molar-refractivity contribution in [2.75, 3.05) is 0 Å². The third kappa shape index (κ3) is 1.07. The Labute approximate surface area is 74.4 Å². The smallest absolute Gasteiger partial charge is 0.337 e. The number of aromatic carboxylic acids is 1. The van der Waals surface area contributed by atoms with Crippen molar-refractivity contribution in [2.45, 2.75) is 6.92 Å². The van der Waals surface area contributed by atoms with Crippen molar-refractivity contribution in [3.63, 3.8) is 0 Å². The van der Waals surface area contributed by atoms with Gasteiger partial charge in [-0.3, -0.25) is 0 Å². The number of carboxylic acids is 1. The Balaban J connectivity index is 2.86. The summed E-state index contributed by atoms with van der Waals surface area (Å²) in [6, 6.07) is 5.02. The first kappa shape index (κ1) is 7.79. The molecule has 0 unspecified atom stereocenters. The van der Waals surface area contributed by atoms with Crippen LogP contribution in [-0.2, 0) is 0 Å². The summed E-state index contributed by atoms with van der Waals surface area (Å²) in [7, 11) is 0. The Morgan fingerprint density at radius 2 is 2.23 bits per heavy atom. The zero-order valence-corrected chi connectivity index (χ0v) is 7.06. The van der Waals surface area contributed by atoms with Gasteiger partial charge in [-0.2, -0.15) is 5.10 Å². The highest BCUT2D eigenvalue weighted by molar-refractivity contribution is 5.95. The van der Waals surface area contributed by atoms with Crippen molar-refractivity contribution in [1.29, 1.82) is 0 Å². The van der Waals surface area contributed by atoms with E-state index >= 15 is 0 Å². The second-order valence-electron chi connectivity index (χ2n) is 2.82. The lowest BCUT2D eigenvalue weighted by Crippen LogP contribution is -2.02. The van der Waals surface area contributed by atoms with E-state index in [2.05, 4.69) is 5.10 Å². The Kier molecular flexibility index (Phi) is 1.55. The van der Waals surface area contributed by atoms with Crippen LogP contribution in [0, 0.1) is 6.92 Å². The van der Waals surface area contributed by atoms with Gasteiger partial charge in [-0.1, -0.05) is 0 Å². The van der Waals surface area contributed by atoms with Crippen LogP contribution in [0.25, 0.3) is 5.52 Å². The number of carboxylic acid groups (broad SMARTS) is 1. The molecule has 0 bridgehead atoms. The second-order valence-corrected chi connectivity index (χ2v) is 2.82. The fraction of sp³-hybridized carbons (Fsp3) is 0.111. The minimum Gasteiger partial charge on any atom is -0.478 e. The SMILES string of the molecule is Cc1ccc(C(=O)O)c2ccnn12. The van der Waals surface area contributed by atoms with E-state index in [0.717, 1.165) is 5.69 Å². The highest BCUT2D eigenvalue weighted by Gasteiger charge is 2.09. The van der Waals surface area contributed by atoms with Gasteiger partial charge in [0.25, 0.3) is 0 Å². The maximum absolute atomic E-state index is 10.8. The molecule has 2 aromatic heterocycles. The van der Waals surface area contributed by atoms with Crippen LogP contribution in [0.4, 0.5) is 0 Å². The molecule has 0 amide bonds. The van der Waals surface area contributed by atoms with Crippen LogP contribution >= 0.6 is 0 Å². The molecule has 13 heavy (non-hydrogen) atoms. The normalized spacial score (nSPS) is 10.5. The highest BCUT2D eigenvalue weighted by Crippen LogP contribution is 2.12. The maximum Gasteiger partial charge on any atom is 0.337 e. The number of pyridine rings is 1. The van der Waals surface area contributed by atoms with Gasteiger partial charge in [0.1, 0.15) is 0 Å². The molecule has 4 heteroatoms. The first-order valence-corrected chi connectivity index (χ1v) is 3.87. The fourth-order valence-corrected chi connectivity index (χ4v) is 1.33. The summed E-state index contributed by atoms with van der Waals surface area (Å²) in [6.07, 6.45) is 1.59. The van der Waals surface area contributed by atoms with Crippen LogP contribution in [0.2, 0.25) is 0 Å². The predicted octanol–water partition coefficient (Wildman–Crippen LogP) is 1.34. The molecule has 0 aliphatic heterocycles. The molecule has 1 N–H and O–H groups in total. The summed E-state index contributed by atoms with van der Waals surface area (Å²) in [5, 5.41) is 12.9. The molecule has 0 aliphatic rings. The number of hydrogen-bond donors (Lipinski definition) is 1. The first-order valence-electron chi connectivity index (χ1n) is 3.87. The Morgan fingerprint density at radius 1 is 1.46 bits per heavy atom. The number of fused-ring (bicyclic) bond motifs is 1. The third-order valence-electron chi connectivity index (χ3n) is 1.97. The van der Waals surface area contributed by atoms with E-state index in [1.54, 1.807) is 28.9 Å². The van der Waals surface area contributed by atoms with Crippen LogP contribution in [0.1, 0.15) is 16.1 Å². The maximum atomic E-state index is 10.8. The number of nitrogens with zero attached hydrogens (tertiary/aromatic N) is 2. The van der Waals surface area contributed by atoms with Crippen LogP contribution in [0.5, 0.6) is 0 Å². The molecule has 2 rings (SSSR count). The quantitative estimate of drug-likeness (QED) is 0.713. The van der Waals surface area contributed by atoms with E-state index in [4.69, 9.17) is 5.11 Å². The summed E-state index contributed by atoms with van der Waals surface area (Å²) < 4.78 is 1.61. The zero-order valence-electron chi connectivity index (χ0n) is 7.06. The first-order chi connectivity index (χ1) is 6.20. The number of rotatable bonds is 1. The number of carbonyl (C=O) groups is 1. The molecular weight excluding hydrogens is 168 g/mol. The van der Waals surface area contributed by atoms with Gasteiger partial charge in [0.2, 0.25) is 0 Å². The fourth-order valence-electron chi connectivity index (χ4n) is 1.33. The molecule has 0 aromatic carbocycles. The standard InChI is InChI=1S/C9H8N2O2/c1-6-2-3-7(9(12)13)8-4-5-10-11(6)8/h2-5H,1H3,(H,12,13). The summed E-state index contributed by atoms with van der Waals surface area (Å²) >= 11 is 0. The van der Waals surface area contributed by atoms with Crippen molar-refractivity contribution < 1.29 is 9.90 Å². The Morgan fingerprint density at radius 3 is 2.92 bits per heavy atom. The molecular formula is C9H8N2O2. The van der Waals surface area contributed by atoms with Crippen molar-refractivity contribution >= 4 is 11.5 Å². The molecule has 0 saturated carbocycles. The highest BCUT2D eigenvalue weighted by atomic mass is 16.4. The lowest BCUT2D eigenvalue weighted by atomic mass is 10.2. The summed E-state index contributed by atoms with van der Waals surface area (Å²) in [5.41, 5.74) is 1.83. The average Bonchev–Trinajstić information content (AvgIpc) is 2.53. The minimum absolute atomic E-state index is 0.281. The molecule has 0 saturated heterocycles. The van der Waals surface area contributed by atoms with E-state index < -0.39 is 5.97 Å². The zero-order chi connectivity index (χ0) is 9.42. The van der Waals surface area contributed by atoms with Crippen molar-refractivity contribution in [1.82, 2.24) is 9.61 Å². The molecule has 0 fully saturated rings. The molecule has 66 valence electrons. The van der Waals surface area contributed by atoms with Gasteiger partial charge in [0, 0.05) is 5.69 Å². The molecule has 0 spiro atoms. The summed E-state index contributed by atoms with van der Waals surface area (Å²) in [6.45, 7) is 1.88. The van der Waals surface area contributed by atoms with Gasteiger partial charge in [-0.15, -0.1) is 0 Å². The molecule has 2 heterocycles. The van der Waals surface area contributed by atoms with Gasteiger partial charge < -0.3 is 5.11 Å². The molecule has 0 atom stereocenters. The third-order valence-corrected chi connectivity index (χ3v) is 1.97. The van der Waals surface area contributed by atoms with Crippen LogP contribution in [-0.4, -0.2) is 20.7 Å². The average molecular weight is 176 g/mol. The van der Waals surface area contributed by atoms with E-state index in [1.807, 2.05) is 6.92 Å². The Bertz CT molecular complexity index is 473. The summed E-state index contributed by atoms with van der Waals surface area (Å²) in [5.74, 6) is -0.925. The van der Waals surface area contributed by atoms with E-state index in [1.165, 1.54) is 0 Å². The van der Waals surface area contributed by atoms with Gasteiger partial charge in [0.05, 0.1) is 17.3 Å². The second kappa shape index (κ2) is 2.58. The number of hydrogen-bond acceptors (Lipinski definition) is 2. The van der Waals surface area contributed by atoms with Crippen LogP contribution < -0.4 is 0 Å². The van der Waals surface area contributed by atoms with Gasteiger partial charge in [-0.05, 0) is 25.1 Å². The van der Waals surface area contributed by atoms with Crippen molar-refractivity contribution in [3.8, 4) is 0 Å².